The van der Waals surface area contributed by atoms with E-state index < -0.39 is 29.5 Å². The van der Waals surface area contributed by atoms with Crippen molar-refractivity contribution >= 4 is 16.9 Å². The molecule has 0 aliphatic rings. The molecule has 0 bridgehead atoms. The molecule has 1 atom stereocenters. The average Bonchev–Trinajstić information content (AvgIpc) is 3.05. The van der Waals surface area contributed by atoms with Gasteiger partial charge in [-0.05, 0) is 17.7 Å². The third-order valence-corrected chi connectivity index (χ3v) is 4.47. The molecule has 1 aromatic heterocycles. The van der Waals surface area contributed by atoms with E-state index >= 15 is 0 Å². The molecule has 9 heteroatoms. The molecular weight excluding hydrogens is 383 g/mol. The largest absolute Gasteiger partial charge is 0.450 e. The predicted octanol–water partition coefficient (Wildman–Crippen LogP) is 4.26. The van der Waals surface area contributed by atoms with Gasteiger partial charge in [0.05, 0.1) is 16.9 Å². The monoisotopic (exact) mass is 395 g/mol. The van der Waals surface area contributed by atoms with Gasteiger partial charge < -0.3 is 9.08 Å². The van der Waals surface area contributed by atoms with Gasteiger partial charge in [0.1, 0.15) is 5.69 Å². The first-order valence-corrected chi connectivity index (χ1v) is 8.73. The summed E-state index contributed by atoms with van der Waals surface area (Å²) in [6.45, 7) is 0. The van der Waals surface area contributed by atoms with Crippen LogP contribution in [0.15, 0.2) is 64.0 Å². The van der Waals surface area contributed by atoms with Gasteiger partial charge in [0.25, 0.3) is 0 Å². The molecule has 0 amide bonds. The molecule has 3 aromatic rings. The summed E-state index contributed by atoms with van der Waals surface area (Å²) in [5.74, 6) is -2.18. The van der Waals surface area contributed by atoms with Gasteiger partial charge in [0, 0.05) is 5.56 Å². The highest BCUT2D eigenvalue weighted by Gasteiger charge is 2.39. The van der Waals surface area contributed by atoms with Gasteiger partial charge in [-0.15, -0.1) is 0 Å². The maximum Gasteiger partial charge on any atom is 0.450 e. The molecule has 0 aliphatic carbocycles. The minimum absolute atomic E-state index is 0.129. The van der Waals surface area contributed by atoms with E-state index in [2.05, 4.69) is 5.16 Å². The Labute approximate surface area is 154 Å². The van der Waals surface area contributed by atoms with Gasteiger partial charge >= 0.3 is 6.18 Å². The number of rotatable bonds is 5. The van der Waals surface area contributed by atoms with Crippen LogP contribution in [0.1, 0.15) is 5.76 Å². The summed E-state index contributed by atoms with van der Waals surface area (Å²) < 4.78 is 63.3. The molecule has 0 saturated heterocycles. The van der Waals surface area contributed by atoms with Crippen LogP contribution in [0.2, 0.25) is 0 Å². The summed E-state index contributed by atoms with van der Waals surface area (Å²) in [5.41, 5.74) is 1.51. The van der Waals surface area contributed by atoms with Crippen molar-refractivity contribution in [3.8, 4) is 22.4 Å². The van der Waals surface area contributed by atoms with E-state index in [0.29, 0.717) is 11.1 Å². The van der Waals surface area contributed by atoms with Crippen molar-refractivity contribution in [2.75, 3.05) is 0 Å². The standard InChI is InChI=1S/C18H12F3NO4S/c19-18(20,21)15(23)10-14-16(11-6-8-13(9-7-11)27(24)25)17(22-26-14)12-4-2-1-3-5-12/h1-9H,10H2,(H,24,25). The number of Topliss-reactive ketones (excluding diaryl/α,β-unsaturated/α-hetero) is 1. The summed E-state index contributed by atoms with van der Waals surface area (Å²) in [7, 11) is 0. The second kappa shape index (κ2) is 7.45. The number of hydrogen-bond donors (Lipinski definition) is 1. The van der Waals surface area contributed by atoms with Gasteiger partial charge in [-0.3, -0.25) is 4.79 Å². The SMILES string of the molecule is O=C(Cc1onc(-c2ccccc2)c1-c1ccc(S(=O)O)cc1)C(F)(F)F. The zero-order chi connectivity index (χ0) is 19.6. The van der Waals surface area contributed by atoms with Crippen molar-refractivity contribution in [1.82, 2.24) is 5.16 Å². The second-order valence-corrected chi connectivity index (χ2v) is 6.54. The number of aromatic nitrogens is 1. The van der Waals surface area contributed by atoms with Crippen LogP contribution < -0.4 is 0 Å². The summed E-state index contributed by atoms with van der Waals surface area (Å²) in [4.78, 5) is 11.5. The fraction of sp³-hybridized carbons (Fsp3) is 0.111. The molecule has 0 saturated carbocycles. The lowest BCUT2D eigenvalue weighted by Gasteiger charge is -2.07. The number of halogens is 3. The number of alkyl halides is 3. The summed E-state index contributed by atoms with van der Waals surface area (Å²) in [6.07, 6.45) is -5.99. The van der Waals surface area contributed by atoms with Crippen molar-refractivity contribution in [3.63, 3.8) is 0 Å². The number of nitrogens with zero attached hydrogens (tertiary/aromatic N) is 1. The van der Waals surface area contributed by atoms with E-state index in [1.165, 1.54) is 24.3 Å². The van der Waals surface area contributed by atoms with Gasteiger partial charge in [-0.2, -0.15) is 13.2 Å². The fourth-order valence-electron chi connectivity index (χ4n) is 2.52. The van der Waals surface area contributed by atoms with Crippen LogP contribution in [-0.2, 0) is 22.3 Å². The van der Waals surface area contributed by atoms with E-state index in [4.69, 9.17) is 9.08 Å². The minimum atomic E-state index is -4.99. The Morgan fingerprint density at radius 3 is 2.22 bits per heavy atom. The molecule has 1 heterocycles. The Hall–Kier alpha value is -2.78. The Morgan fingerprint density at radius 1 is 1.04 bits per heavy atom. The second-order valence-electron chi connectivity index (χ2n) is 5.57. The van der Waals surface area contributed by atoms with E-state index in [0.717, 1.165) is 0 Å². The average molecular weight is 395 g/mol. The number of hydrogen-bond acceptors (Lipinski definition) is 4. The highest BCUT2D eigenvalue weighted by Crippen LogP contribution is 2.36. The van der Waals surface area contributed by atoms with Crippen LogP contribution >= 0.6 is 0 Å². The molecule has 0 fully saturated rings. The zero-order valence-corrected chi connectivity index (χ0v) is 14.4. The fourth-order valence-corrected chi connectivity index (χ4v) is 2.89. The first-order valence-electron chi connectivity index (χ1n) is 7.62. The van der Waals surface area contributed by atoms with Crippen LogP contribution in [0, 0.1) is 0 Å². The van der Waals surface area contributed by atoms with E-state index in [9.17, 15) is 22.2 Å². The van der Waals surface area contributed by atoms with Crippen molar-refractivity contribution < 1.29 is 31.3 Å². The molecule has 140 valence electrons. The lowest BCUT2D eigenvalue weighted by atomic mass is 9.97. The smallest absolute Gasteiger partial charge is 0.360 e. The number of carbonyl (C=O) groups excluding carboxylic acids is 1. The third kappa shape index (κ3) is 4.15. The maximum atomic E-state index is 12.7. The molecule has 2 aromatic carbocycles. The number of benzene rings is 2. The molecule has 0 spiro atoms. The molecule has 5 nitrogen and oxygen atoms in total. The van der Waals surface area contributed by atoms with Crippen molar-refractivity contribution in [2.45, 2.75) is 17.5 Å². The van der Waals surface area contributed by atoms with Crippen LogP contribution in [0.4, 0.5) is 13.2 Å². The van der Waals surface area contributed by atoms with Crippen molar-refractivity contribution in [2.24, 2.45) is 0 Å². The first kappa shape index (κ1) is 19.0. The molecule has 1 N–H and O–H groups in total. The van der Waals surface area contributed by atoms with Crippen LogP contribution in [0.3, 0.4) is 0 Å². The van der Waals surface area contributed by atoms with Crippen LogP contribution in [0.25, 0.3) is 22.4 Å². The molecule has 0 aliphatic heterocycles. The lowest BCUT2D eigenvalue weighted by molar-refractivity contribution is -0.170. The summed E-state index contributed by atoms with van der Waals surface area (Å²) >= 11 is -2.19. The van der Waals surface area contributed by atoms with Crippen LogP contribution in [-0.4, -0.2) is 25.9 Å². The molecule has 1 unspecified atom stereocenters. The van der Waals surface area contributed by atoms with Gasteiger partial charge in [0.2, 0.25) is 5.78 Å². The van der Waals surface area contributed by atoms with E-state index in [1.807, 2.05) is 0 Å². The Bertz CT molecular complexity index is 982. The van der Waals surface area contributed by atoms with Crippen LogP contribution in [0.5, 0.6) is 0 Å². The Morgan fingerprint density at radius 2 is 1.67 bits per heavy atom. The summed E-state index contributed by atoms with van der Waals surface area (Å²) in [6, 6.07) is 14.3. The highest BCUT2D eigenvalue weighted by atomic mass is 32.2. The van der Waals surface area contributed by atoms with Gasteiger partial charge in [0.15, 0.2) is 16.8 Å². The van der Waals surface area contributed by atoms with Gasteiger partial charge in [-0.1, -0.05) is 47.6 Å². The molecule has 3 rings (SSSR count). The minimum Gasteiger partial charge on any atom is -0.360 e. The molecule has 0 radical (unpaired) electrons. The summed E-state index contributed by atoms with van der Waals surface area (Å²) in [5, 5.41) is 3.85. The third-order valence-electron chi connectivity index (χ3n) is 3.79. The maximum absolute atomic E-state index is 12.7. The van der Waals surface area contributed by atoms with Crippen molar-refractivity contribution in [1.29, 1.82) is 0 Å². The first-order chi connectivity index (χ1) is 12.8. The highest BCUT2D eigenvalue weighted by molar-refractivity contribution is 7.79. The zero-order valence-electron chi connectivity index (χ0n) is 13.6. The van der Waals surface area contributed by atoms with Crippen molar-refractivity contribution in [3.05, 3.63) is 60.4 Å². The number of carbonyl (C=O) groups is 1. The lowest BCUT2D eigenvalue weighted by Crippen LogP contribution is -2.24. The van der Waals surface area contributed by atoms with E-state index in [1.54, 1.807) is 30.3 Å². The quantitative estimate of drug-likeness (QED) is 0.653. The molecular formula is C18H12F3NO4S. The number of ketones is 1. The topological polar surface area (TPSA) is 80.4 Å². The normalized spacial score (nSPS) is 12.7. The van der Waals surface area contributed by atoms with E-state index in [-0.39, 0.29) is 21.9 Å². The predicted molar refractivity (Wildman–Crippen MR) is 91.2 cm³/mol. The Balaban J connectivity index is 2.11. The Kier molecular flexibility index (Phi) is 5.24. The molecule has 27 heavy (non-hydrogen) atoms. The van der Waals surface area contributed by atoms with Gasteiger partial charge in [-0.25, -0.2) is 4.21 Å².